The molecule has 0 bridgehead atoms. The van der Waals surface area contributed by atoms with Crippen molar-refractivity contribution in [1.29, 1.82) is 0 Å². The van der Waals surface area contributed by atoms with Gasteiger partial charge in [-0.15, -0.1) is 0 Å². The fourth-order valence-corrected chi connectivity index (χ4v) is 4.18. The first-order chi connectivity index (χ1) is 17.0. The van der Waals surface area contributed by atoms with Gasteiger partial charge in [0.2, 0.25) is 0 Å². The zero-order chi connectivity index (χ0) is 26.0. The van der Waals surface area contributed by atoms with Gasteiger partial charge in [-0.2, -0.15) is 0 Å². The van der Waals surface area contributed by atoms with E-state index in [0.717, 1.165) is 32.1 Å². The van der Waals surface area contributed by atoms with E-state index < -0.39 is 0 Å². The SMILES string of the molecule is CCCCCCCCCCCCCCCCCOC(=O)CCC(=O)OCCC(C)CCC=C(C)C. The molecular formula is C31H58O4. The molecule has 4 heteroatoms. The lowest BCUT2D eigenvalue weighted by Gasteiger charge is -2.10. The smallest absolute Gasteiger partial charge is 0.306 e. The highest BCUT2D eigenvalue weighted by Gasteiger charge is 2.10. The van der Waals surface area contributed by atoms with E-state index in [1.165, 1.54) is 89.0 Å². The molecule has 1 atom stereocenters. The number of carbonyl (C=O) groups excluding carboxylic acids is 2. The summed E-state index contributed by atoms with van der Waals surface area (Å²) in [6, 6.07) is 0. The lowest BCUT2D eigenvalue weighted by molar-refractivity contribution is -0.150. The van der Waals surface area contributed by atoms with Crippen LogP contribution >= 0.6 is 0 Å². The fourth-order valence-electron chi connectivity index (χ4n) is 4.18. The number of hydrogen-bond acceptors (Lipinski definition) is 4. The van der Waals surface area contributed by atoms with Gasteiger partial charge in [-0.3, -0.25) is 9.59 Å². The Hall–Kier alpha value is -1.32. The minimum absolute atomic E-state index is 0.115. The molecular weight excluding hydrogens is 436 g/mol. The van der Waals surface area contributed by atoms with Crippen molar-refractivity contribution >= 4 is 11.9 Å². The third kappa shape index (κ3) is 27.1. The molecule has 206 valence electrons. The maximum atomic E-state index is 11.8. The molecule has 0 saturated heterocycles. The van der Waals surface area contributed by atoms with E-state index in [4.69, 9.17) is 9.47 Å². The molecule has 0 aromatic rings. The first-order valence-corrected chi connectivity index (χ1v) is 14.9. The predicted molar refractivity (Wildman–Crippen MR) is 149 cm³/mol. The molecule has 0 saturated carbocycles. The molecule has 0 aliphatic carbocycles. The number of ether oxygens (including phenoxy) is 2. The van der Waals surface area contributed by atoms with Gasteiger partial charge in [0.25, 0.3) is 0 Å². The van der Waals surface area contributed by atoms with E-state index >= 15 is 0 Å². The fraction of sp³-hybridized carbons (Fsp3) is 0.871. The Kier molecular flexibility index (Phi) is 24.8. The van der Waals surface area contributed by atoms with E-state index in [0.29, 0.717) is 19.1 Å². The minimum Gasteiger partial charge on any atom is -0.466 e. The third-order valence-corrected chi connectivity index (χ3v) is 6.63. The Balaban J connectivity index is 3.38. The second kappa shape index (κ2) is 25.8. The van der Waals surface area contributed by atoms with Crippen molar-refractivity contribution in [3.63, 3.8) is 0 Å². The molecule has 0 fully saturated rings. The summed E-state index contributed by atoms with van der Waals surface area (Å²) in [7, 11) is 0. The van der Waals surface area contributed by atoms with Crippen molar-refractivity contribution < 1.29 is 19.1 Å². The third-order valence-electron chi connectivity index (χ3n) is 6.63. The van der Waals surface area contributed by atoms with Crippen LogP contribution in [0.15, 0.2) is 11.6 Å². The Morgan fingerprint density at radius 1 is 0.629 bits per heavy atom. The standard InChI is InChI=1S/C31H58O4/c1-5-6-7-8-9-10-11-12-13-14-15-16-17-18-19-26-34-30(32)23-24-31(33)35-27-25-29(4)22-20-21-28(2)3/h21,29H,5-20,22-27H2,1-4H3. The number of unbranched alkanes of at least 4 members (excludes halogenated alkanes) is 14. The second-order valence-corrected chi connectivity index (χ2v) is 10.6. The molecule has 0 aromatic heterocycles. The largest absolute Gasteiger partial charge is 0.466 e. The number of esters is 2. The van der Waals surface area contributed by atoms with Crippen LogP contribution in [0.4, 0.5) is 0 Å². The molecule has 0 amide bonds. The van der Waals surface area contributed by atoms with Crippen LogP contribution in [0.2, 0.25) is 0 Å². The van der Waals surface area contributed by atoms with Crippen molar-refractivity contribution in [3.05, 3.63) is 11.6 Å². The average molecular weight is 495 g/mol. The Labute approximate surface area is 218 Å². The predicted octanol–water partition coefficient (Wildman–Crippen LogP) is 9.50. The summed E-state index contributed by atoms with van der Waals surface area (Å²) < 4.78 is 10.5. The quantitative estimate of drug-likeness (QED) is 0.0720. The number of carbonyl (C=O) groups is 2. The molecule has 35 heavy (non-hydrogen) atoms. The summed E-state index contributed by atoms with van der Waals surface area (Å²) in [5.74, 6) is -0.0638. The summed E-state index contributed by atoms with van der Waals surface area (Å²) in [5.41, 5.74) is 1.34. The van der Waals surface area contributed by atoms with Crippen LogP contribution in [0.5, 0.6) is 0 Å². The van der Waals surface area contributed by atoms with Crippen LogP contribution in [0, 0.1) is 5.92 Å². The topological polar surface area (TPSA) is 52.6 Å². The van der Waals surface area contributed by atoms with Gasteiger partial charge in [-0.05, 0) is 45.4 Å². The van der Waals surface area contributed by atoms with Gasteiger partial charge in [-0.25, -0.2) is 0 Å². The van der Waals surface area contributed by atoms with E-state index in [2.05, 4.69) is 33.8 Å². The molecule has 4 nitrogen and oxygen atoms in total. The molecule has 0 N–H and O–H groups in total. The van der Waals surface area contributed by atoms with Crippen molar-refractivity contribution in [2.24, 2.45) is 5.92 Å². The summed E-state index contributed by atoms with van der Waals surface area (Å²) in [6.45, 7) is 9.57. The number of rotatable bonds is 25. The summed E-state index contributed by atoms with van der Waals surface area (Å²) >= 11 is 0. The zero-order valence-electron chi connectivity index (χ0n) is 23.8. The molecule has 0 radical (unpaired) electrons. The van der Waals surface area contributed by atoms with E-state index in [1.807, 2.05) is 0 Å². The van der Waals surface area contributed by atoms with Gasteiger partial charge in [0.05, 0.1) is 26.1 Å². The Bertz CT molecular complexity index is 522. The maximum Gasteiger partial charge on any atom is 0.306 e. The van der Waals surface area contributed by atoms with Gasteiger partial charge in [0.15, 0.2) is 0 Å². The summed E-state index contributed by atoms with van der Waals surface area (Å²) in [6.07, 6.45) is 25.3. The zero-order valence-corrected chi connectivity index (χ0v) is 23.8. The van der Waals surface area contributed by atoms with Crippen LogP contribution < -0.4 is 0 Å². The summed E-state index contributed by atoms with van der Waals surface area (Å²) in [4.78, 5) is 23.6. The van der Waals surface area contributed by atoms with Crippen LogP contribution in [-0.2, 0) is 19.1 Å². The first kappa shape index (κ1) is 33.7. The van der Waals surface area contributed by atoms with Gasteiger partial charge in [0.1, 0.15) is 0 Å². The van der Waals surface area contributed by atoms with Crippen LogP contribution in [-0.4, -0.2) is 25.2 Å². The first-order valence-electron chi connectivity index (χ1n) is 14.9. The minimum atomic E-state index is -0.301. The maximum absolute atomic E-state index is 11.8. The van der Waals surface area contributed by atoms with Crippen LogP contribution in [0.3, 0.4) is 0 Å². The van der Waals surface area contributed by atoms with Gasteiger partial charge < -0.3 is 9.47 Å². The molecule has 0 rings (SSSR count). The van der Waals surface area contributed by atoms with Crippen molar-refractivity contribution in [2.45, 2.75) is 156 Å². The highest BCUT2D eigenvalue weighted by molar-refractivity contribution is 5.77. The van der Waals surface area contributed by atoms with Gasteiger partial charge in [0, 0.05) is 0 Å². The van der Waals surface area contributed by atoms with E-state index in [9.17, 15) is 9.59 Å². The number of allylic oxidation sites excluding steroid dienone is 2. The lowest BCUT2D eigenvalue weighted by atomic mass is 10.0. The molecule has 1 unspecified atom stereocenters. The highest BCUT2D eigenvalue weighted by atomic mass is 16.5. The number of hydrogen-bond donors (Lipinski definition) is 0. The second-order valence-electron chi connectivity index (χ2n) is 10.6. The van der Waals surface area contributed by atoms with E-state index in [-0.39, 0.29) is 24.8 Å². The molecule has 0 aromatic carbocycles. The Morgan fingerprint density at radius 3 is 1.51 bits per heavy atom. The van der Waals surface area contributed by atoms with Gasteiger partial charge in [-0.1, -0.05) is 115 Å². The normalized spacial score (nSPS) is 11.8. The molecule has 0 heterocycles. The molecule has 0 aliphatic heterocycles. The lowest BCUT2D eigenvalue weighted by Crippen LogP contribution is -2.12. The van der Waals surface area contributed by atoms with Crippen molar-refractivity contribution in [1.82, 2.24) is 0 Å². The average Bonchev–Trinajstić information content (AvgIpc) is 2.82. The van der Waals surface area contributed by atoms with Crippen LogP contribution in [0.25, 0.3) is 0 Å². The van der Waals surface area contributed by atoms with Gasteiger partial charge >= 0.3 is 11.9 Å². The van der Waals surface area contributed by atoms with Crippen molar-refractivity contribution in [3.8, 4) is 0 Å². The molecule has 0 aliphatic rings. The van der Waals surface area contributed by atoms with Crippen LogP contribution in [0.1, 0.15) is 156 Å². The van der Waals surface area contributed by atoms with Crippen molar-refractivity contribution in [2.75, 3.05) is 13.2 Å². The Morgan fingerprint density at radius 2 is 1.06 bits per heavy atom. The molecule has 0 spiro atoms. The highest BCUT2D eigenvalue weighted by Crippen LogP contribution is 2.14. The monoisotopic (exact) mass is 494 g/mol. The summed E-state index contributed by atoms with van der Waals surface area (Å²) in [5, 5.41) is 0. The van der Waals surface area contributed by atoms with E-state index in [1.54, 1.807) is 0 Å².